The van der Waals surface area contributed by atoms with Crippen molar-refractivity contribution in [3.63, 3.8) is 0 Å². The molecule has 1 aromatic heterocycles. The van der Waals surface area contributed by atoms with Crippen LogP contribution in [0.5, 0.6) is 0 Å². The van der Waals surface area contributed by atoms with Crippen LogP contribution in [0.15, 0.2) is 5.16 Å². The van der Waals surface area contributed by atoms with E-state index in [1.807, 2.05) is 0 Å². The van der Waals surface area contributed by atoms with Crippen LogP contribution in [-0.4, -0.2) is 51.1 Å². The van der Waals surface area contributed by atoms with Crippen molar-refractivity contribution < 1.29 is 18.0 Å². The molecule has 1 saturated carbocycles. The first-order valence-corrected chi connectivity index (χ1v) is 6.90. The van der Waals surface area contributed by atoms with Gasteiger partial charge >= 0.3 is 6.18 Å². The van der Waals surface area contributed by atoms with Gasteiger partial charge in [-0.2, -0.15) is 13.2 Å². The Morgan fingerprint density at radius 3 is 2.70 bits per heavy atom. The number of rotatable bonds is 5. The summed E-state index contributed by atoms with van der Waals surface area (Å²) in [6, 6.07) is 0.246. The number of aromatic nitrogens is 3. The van der Waals surface area contributed by atoms with Crippen molar-refractivity contribution in [3.8, 4) is 0 Å². The van der Waals surface area contributed by atoms with Gasteiger partial charge in [-0.3, -0.25) is 9.36 Å². The first-order valence-electron chi connectivity index (χ1n) is 5.92. The lowest BCUT2D eigenvalue weighted by Gasteiger charge is -2.18. The molecule has 1 amide bonds. The molecule has 0 unspecified atom stereocenters. The predicted octanol–water partition coefficient (Wildman–Crippen LogP) is 1.31. The number of anilines is 1. The number of carbonyl (C=O) groups is 1. The normalized spacial score (nSPS) is 15.4. The predicted molar refractivity (Wildman–Crippen MR) is 67.1 cm³/mol. The van der Waals surface area contributed by atoms with E-state index in [-0.39, 0.29) is 17.7 Å². The largest absolute Gasteiger partial charge is 0.406 e. The van der Waals surface area contributed by atoms with Crippen LogP contribution < -0.4 is 5.73 Å². The molecular weight excluding hydrogens is 295 g/mol. The molecule has 1 aromatic rings. The molecule has 0 aromatic carbocycles. The summed E-state index contributed by atoms with van der Waals surface area (Å²) >= 11 is 1.05. The SMILES string of the molecule is CN(CC(F)(F)F)C(=O)CSc1nnc(N)n1C1CC1. The summed E-state index contributed by atoms with van der Waals surface area (Å²) in [5.74, 6) is -0.473. The van der Waals surface area contributed by atoms with Crippen LogP contribution >= 0.6 is 11.8 Å². The van der Waals surface area contributed by atoms with Gasteiger partial charge < -0.3 is 10.6 Å². The van der Waals surface area contributed by atoms with E-state index >= 15 is 0 Å². The van der Waals surface area contributed by atoms with E-state index in [4.69, 9.17) is 5.73 Å². The van der Waals surface area contributed by atoms with Crippen LogP contribution in [-0.2, 0) is 4.79 Å². The van der Waals surface area contributed by atoms with E-state index in [0.29, 0.717) is 10.1 Å². The summed E-state index contributed by atoms with van der Waals surface area (Å²) in [5, 5.41) is 8.04. The number of amides is 1. The number of hydrogen-bond acceptors (Lipinski definition) is 5. The Morgan fingerprint density at radius 2 is 2.15 bits per heavy atom. The Bertz CT molecular complexity index is 500. The molecule has 2 rings (SSSR count). The van der Waals surface area contributed by atoms with E-state index < -0.39 is 18.6 Å². The highest BCUT2D eigenvalue weighted by molar-refractivity contribution is 7.99. The summed E-state index contributed by atoms with van der Waals surface area (Å²) in [4.78, 5) is 12.3. The fourth-order valence-corrected chi connectivity index (χ4v) is 2.61. The molecule has 112 valence electrons. The lowest BCUT2D eigenvalue weighted by Crippen LogP contribution is -2.36. The number of hydrogen-bond donors (Lipinski definition) is 1. The van der Waals surface area contributed by atoms with Gasteiger partial charge in [0.15, 0.2) is 5.16 Å². The van der Waals surface area contributed by atoms with Crippen molar-refractivity contribution in [2.75, 3.05) is 25.1 Å². The van der Waals surface area contributed by atoms with Gasteiger partial charge in [-0.15, -0.1) is 10.2 Å². The topological polar surface area (TPSA) is 77.0 Å². The fraction of sp³-hybridized carbons (Fsp3) is 0.700. The molecule has 10 heteroatoms. The van der Waals surface area contributed by atoms with Crippen molar-refractivity contribution in [1.82, 2.24) is 19.7 Å². The van der Waals surface area contributed by atoms with E-state index in [0.717, 1.165) is 31.7 Å². The minimum Gasteiger partial charge on any atom is -0.368 e. The lowest BCUT2D eigenvalue weighted by atomic mass is 10.5. The number of nitrogen functional groups attached to an aromatic ring is 1. The van der Waals surface area contributed by atoms with E-state index in [9.17, 15) is 18.0 Å². The van der Waals surface area contributed by atoms with Gasteiger partial charge in [-0.25, -0.2) is 0 Å². The lowest BCUT2D eigenvalue weighted by molar-refractivity contribution is -0.156. The molecular formula is C10H14F3N5OS. The average Bonchev–Trinajstić information content (AvgIpc) is 3.08. The zero-order valence-electron chi connectivity index (χ0n) is 10.7. The van der Waals surface area contributed by atoms with Gasteiger partial charge in [-0.1, -0.05) is 11.8 Å². The molecule has 2 N–H and O–H groups in total. The van der Waals surface area contributed by atoms with Crippen LogP contribution in [0.1, 0.15) is 18.9 Å². The number of halogens is 3. The Balaban J connectivity index is 1.90. The smallest absolute Gasteiger partial charge is 0.368 e. The van der Waals surface area contributed by atoms with Crippen molar-refractivity contribution in [3.05, 3.63) is 0 Å². The maximum Gasteiger partial charge on any atom is 0.406 e. The molecule has 6 nitrogen and oxygen atoms in total. The molecule has 0 radical (unpaired) electrons. The molecule has 20 heavy (non-hydrogen) atoms. The zero-order chi connectivity index (χ0) is 14.9. The average molecular weight is 309 g/mol. The summed E-state index contributed by atoms with van der Waals surface area (Å²) in [5.41, 5.74) is 5.66. The highest BCUT2D eigenvalue weighted by Crippen LogP contribution is 2.39. The molecule has 0 bridgehead atoms. The summed E-state index contributed by atoms with van der Waals surface area (Å²) in [6.45, 7) is -1.26. The van der Waals surface area contributed by atoms with Crippen LogP contribution in [0.2, 0.25) is 0 Å². The minimum absolute atomic E-state index is 0.128. The third-order valence-corrected chi connectivity index (χ3v) is 3.70. The maximum absolute atomic E-state index is 12.2. The summed E-state index contributed by atoms with van der Waals surface area (Å²) in [7, 11) is 1.12. The van der Waals surface area contributed by atoms with E-state index in [1.54, 1.807) is 4.57 Å². The molecule has 1 fully saturated rings. The minimum atomic E-state index is -4.40. The number of carbonyl (C=O) groups excluding carboxylic acids is 1. The van der Waals surface area contributed by atoms with Gasteiger partial charge in [0, 0.05) is 13.1 Å². The van der Waals surface area contributed by atoms with Crippen molar-refractivity contribution in [2.45, 2.75) is 30.2 Å². The first-order chi connectivity index (χ1) is 9.28. The van der Waals surface area contributed by atoms with Crippen LogP contribution in [0.3, 0.4) is 0 Å². The second kappa shape index (κ2) is 5.51. The van der Waals surface area contributed by atoms with Crippen LogP contribution in [0, 0.1) is 0 Å². The van der Waals surface area contributed by atoms with Gasteiger partial charge in [0.1, 0.15) is 6.54 Å². The third kappa shape index (κ3) is 3.78. The fourth-order valence-electron chi connectivity index (χ4n) is 1.66. The third-order valence-electron chi connectivity index (χ3n) is 2.77. The Morgan fingerprint density at radius 1 is 1.50 bits per heavy atom. The van der Waals surface area contributed by atoms with Crippen molar-refractivity contribution in [1.29, 1.82) is 0 Å². The number of thioether (sulfide) groups is 1. The molecule has 0 saturated heterocycles. The quantitative estimate of drug-likeness (QED) is 0.830. The molecule has 1 aliphatic carbocycles. The summed E-state index contributed by atoms with van der Waals surface area (Å²) < 4.78 is 38.2. The molecule has 1 heterocycles. The standard InChI is InChI=1S/C10H14F3N5OS/c1-17(5-10(11,12)13)7(19)4-20-9-16-15-8(14)18(9)6-2-3-6/h6H,2-5H2,1H3,(H2,14,15). The second-order valence-electron chi connectivity index (χ2n) is 4.60. The Labute approximate surface area is 117 Å². The monoisotopic (exact) mass is 309 g/mol. The van der Waals surface area contributed by atoms with E-state index in [2.05, 4.69) is 10.2 Å². The highest BCUT2D eigenvalue weighted by atomic mass is 32.2. The maximum atomic E-state index is 12.2. The highest BCUT2D eigenvalue weighted by Gasteiger charge is 2.32. The summed E-state index contributed by atoms with van der Waals surface area (Å²) in [6.07, 6.45) is -2.46. The number of nitrogens with zero attached hydrogens (tertiary/aromatic N) is 4. The van der Waals surface area contributed by atoms with Crippen LogP contribution in [0.4, 0.5) is 19.1 Å². The van der Waals surface area contributed by atoms with Gasteiger partial charge in [-0.05, 0) is 12.8 Å². The van der Waals surface area contributed by atoms with Gasteiger partial charge in [0.2, 0.25) is 11.9 Å². The van der Waals surface area contributed by atoms with Crippen LogP contribution in [0.25, 0.3) is 0 Å². The molecule has 0 aliphatic heterocycles. The molecule has 1 aliphatic rings. The molecule has 0 atom stereocenters. The molecule has 0 spiro atoms. The zero-order valence-corrected chi connectivity index (χ0v) is 11.5. The second-order valence-corrected chi connectivity index (χ2v) is 5.54. The Kier molecular flexibility index (Phi) is 4.11. The van der Waals surface area contributed by atoms with Gasteiger partial charge in [0.05, 0.1) is 5.75 Å². The first kappa shape index (κ1) is 14.9. The number of nitrogens with two attached hydrogens (primary N) is 1. The van der Waals surface area contributed by atoms with E-state index in [1.165, 1.54) is 0 Å². The van der Waals surface area contributed by atoms with Crippen molar-refractivity contribution >= 4 is 23.6 Å². The van der Waals surface area contributed by atoms with Gasteiger partial charge in [0.25, 0.3) is 0 Å². The Hall–Kier alpha value is -1.45. The number of alkyl halides is 3. The van der Waals surface area contributed by atoms with Crippen molar-refractivity contribution in [2.24, 2.45) is 0 Å².